The number of benzene rings is 1. The molecule has 0 radical (unpaired) electrons. The summed E-state index contributed by atoms with van der Waals surface area (Å²) in [5.41, 5.74) is 2.57. The van der Waals surface area contributed by atoms with Gasteiger partial charge in [-0.05, 0) is 28.4 Å². The number of aryl methyl sites for hydroxylation is 1. The van der Waals surface area contributed by atoms with E-state index >= 15 is 0 Å². The molecular weight excluding hydrogens is 271 g/mol. The Labute approximate surface area is 93.9 Å². The molecule has 0 amide bonds. The maximum Gasteiger partial charge on any atom is 0.0285 e. The van der Waals surface area contributed by atoms with Gasteiger partial charge in [0.1, 0.15) is 0 Å². The number of halogens is 1. The normalized spacial score (nSPS) is 9.08. The van der Waals surface area contributed by atoms with Crippen LogP contribution in [0.2, 0.25) is 0 Å². The Balaban J connectivity index is 2.82. The van der Waals surface area contributed by atoms with Crippen LogP contribution in [0.5, 0.6) is 0 Å². The van der Waals surface area contributed by atoms with Crippen molar-refractivity contribution < 1.29 is 0 Å². The molecule has 0 aromatic heterocycles. The van der Waals surface area contributed by atoms with Crippen molar-refractivity contribution in [3.05, 3.63) is 35.4 Å². The highest BCUT2D eigenvalue weighted by molar-refractivity contribution is 14.1. The van der Waals surface area contributed by atoms with Crippen molar-refractivity contribution in [2.45, 2.75) is 26.2 Å². The highest BCUT2D eigenvalue weighted by atomic mass is 127. The highest BCUT2D eigenvalue weighted by Crippen LogP contribution is 2.10. The Morgan fingerprint density at radius 3 is 2.77 bits per heavy atom. The third kappa shape index (κ3) is 3.40. The largest absolute Gasteiger partial charge is 0.0654 e. The fourth-order valence-corrected chi connectivity index (χ4v) is 1.57. The van der Waals surface area contributed by atoms with Gasteiger partial charge in [0.2, 0.25) is 0 Å². The third-order valence-corrected chi connectivity index (χ3v) is 2.27. The molecule has 0 aliphatic rings. The summed E-state index contributed by atoms with van der Waals surface area (Å²) in [6, 6.07) is 8.40. The van der Waals surface area contributed by atoms with E-state index in [0.29, 0.717) is 0 Å². The molecule has 0 unspecified atom stereocenters. The molecule has 0 nitrogen and oxygen atoms in total. The van der Waals surface area contributed by atoms with E-state index in [4.69, 9.17) is 0 Å². The van der Waals surface area contributed by atoms with Gasteiger partial charge in [0.05, 0.1) is 0 Å². The molecule has 0 atom stereocenters. The zero-order chi connectivity index (χ0) is 9.52. The Morgan fingerprint density at radius 1 is 1.31 bits per heavy atom. The second-order valence-electron chi connectivity index (χ2n) is 2.98. The van der Waals surface area contributed by atoms with Crippen molar-refractivity contribution in [2.75, 3.05) is 0 Å². The quantitative estimate of drug-likeness (QED) is 0.585. The molecule has 0 bridgehead atoms. The van der Waals surface area contributed by atoms with Crippen LogP contribution >= 0.6 is 22.6 Å². The van der Waals surface area contributed by atoms with Crippen LogP contribution in [0.4, 0.5) is 0 Å². The van der Waals surface area contributed by atoms with Crippen molar-refractivity contribution in [1.29, 1.82) is 0 Å². The second kappa shape index (κ2) is 6.04. The Morgan fingerprint density at radius 2 is 2.08 bits per heavy atom. The minimum atomic E-state index is 1.15. The van der Waals surface area contributed by atoms with Gasteiger partial charge in [-0.25, -0.2) is 0 Å². The van der Waals surface area contributed by atoms with Crippen LogP contribution in [0, 0.1) is 9.85 Å². The predicted octanol–water partition coefficient (Wildman–Crippen LogP) is 3.77. The van der Waals surface area contributed by atoms with E-state index in [1.165, 1.54) is 24.0 Å². The summed E-state index contributed by atoms with van der Waals surface area (Å²) in [7, 11) is 0. The average Bonchev–Trinajstić information content (AvgIpc) is 2.17. The lowest BCUT2D eigenvalue weighted by molar-refractivity contribution is 0.794. The Kier molecular flexibility index (Phi) is 4.92. The molecule has 0 aliphatic carbocycles. The summed E-state index contributed by atoms with van der Waals surface area (Å²) < 4.78 is 2.92. The minimum absolute atomic E-state index is 1.15. The molecule has 0 fully saturated rings. The fourth-order valence-electron chi connectivity index (χ4n) is 1.28. The van der Waals surface area contributed by atoms with Gasteiger partial charge in [-0.2, -0.15) is 0 Å². The van der Waals surface area contributed by atoms with Crippen molar-refractivity contribution >= 4 is 22.6 Å². The molecule has 0 saturated heterocycles. The third-order valence-electron chi connectivity index (χ3n) is 2.00. The van der Waals surface area contributed by atoms with E-state index in [1.807, 2.05) is 6.07 Å². The molecule has 1 aromatic rings. The molecule has 1 rings (SSSR count). The number of rotatable bonds is 3. The molecule has 68 valence electrons. The summed E-state index contributed by atoms with van der Waals surface area (Å²) in [5.74, 6) is 3.12. The van der Waals surface area contributed by atoms with Crippen LogP contribution in [-0.4, -0.2) is 0 Å². The highest BCUT2D eigenvalue weighted by Gasteiger charge is 1.97. The molecule has 0 heterocycles. The Hall–Kier alpha value is -0.490. The lowest BCUT2D eigenvalue weighted by Gasteiger charge is -2.02. The average molecular weight is 284 g/mol. The molecule has 13 heavy (non-hydrogen) atoms. The topological polar surface area (TPSA) is 0 Å². The number of unbranched alkanes of at least 4 members (excludes halogenated alkanes) is 1. The van der Waals surface area contributed by atoms with Crippen LogP contribution < -0.4 is 0 Å². The van der Waals surface area contributed by atoms with Crippen LogP contribution in [-0.2, 0) is 6.42 Å². The first-order valence-electron chi connectivity index (χ1n) is 4.58. The first-order valence-corrected chi connectivity index (χ1v) is 5.66. The van der Waals surface area contributed by atoms with E-state index in [0.717, 1.165) is 6.42 Å². The van der Waals surface area contributed by atoms with Crippen LogP contribution in [0.15, 0.2) is 24.3 Å². The molecule has 0 aliphatic heterocycles. The standard InChI is InChI=1S/C12H13I/c1-2-3-6-11-7-4-5-8-12(11)9-10-13/h4-5,7-8H,2-3,6H2,1H3. The maximum atomic E-state index is 3.12. The molecule has 1 aromatic carbocycles. The smallest absolute Gasteiger partial charge is 0.0285 e. The van der Waals surface area contributed by atoms with E-state index in [1.54, 1.807) is 0 Å². The van der Waals surface area contributed by atoms with Crippen molar-refractivity contribution in [3.8, 4) is 9.85 Å². The molecule has 0 N–H and O–H groups in total. The second-order valence-corrected chi connectivity index (χ2v) is 3.52. The summed E-state index contributed by atoms with van der Waals surface area (Å²) >= 11 is 2.08. The van der Waals surface area contributed by atoms with Gasteiger partial charge in [0.25, 0.3) is 0 Å². The van der Waals surface area contributed by atoms with Gasteiger partial charge in [-0.1, -0.05) is 37.5 Å². The van der Waals surface area contributed by atoms with Gasteiger partial charge in [-0.3, -0.25) is 0 Å². The zero-order valence-electron chi connectivity index (χ0n) is 7.81. The maximum absolute atomic E-state index is 3.12. The first-order chi connectivity index (χ1) is 6.38. The summed E-state index contributed by atoms with van der Waals surface area (Å²) in [4.78, 5) is 0. The van der Waals surface area contributed by atoms with E-state index < -0.39 is 0 Å². The van der Waals surface area contributed by atoms with Crippen LogP contribution in [0.1, 0.15) is 30.9 Å². The lowest BCUT2D eigenvalue weighted by atomic mass is 10.0. The Bertz CT molecular complexity index is 317. The van der Waals surface area contributed by atoms with Crippen molar-refractivity contribution in [3.63, 3.8) is 0 Å². The zero-order valence-corrected chi connectivity index (χ0v) is 9.97. The van der Waals surface area contributed by atoms with E-state index in [2.05, 4.69) is 57.6 Å². The molecular formula is C12H13I. The van der Waals surface area contributed by atoms with Gasteiger partial charge in [0.15, 0.2) is 0 Å². The van der Waals surface area contributed by atoms with Gasteiger partial charge >= 0.3 is 0 Å². The minimum Gasteiger partial charge on any atom is -0.0654 e. The predicted molar refractivity (Wildman–Crippen MR) is 66.0 cm³/mol. The van der Waals surface area contributed by atoms with E-state index in [-0.39, 0.29) is 0 Å². The van der Waals surface area contributed by atoms with E-state index in [9.17, 15) is 0 Å². The SMILES string of the molecule is CCCCc1ccccc1C#CI. The summed E-state index contributed by atoms with van der Waals surface area (Å²) in [6.07, 6.45) is 3.64. The summed E-state index contributed by atoms with van der Waals surface area (Å²) in [6.45, 7) is 2.21. The number of hydrogen-bond acceptors (Lipinski definition) is 0. The monoisotopic (exact) mass is 284 g/mol. The van der Waals surface area contributed by atoms with Crippen LogP contribution in [0.3, 0.4) is 0 Å². The molecule has 0 saturated carbocycles. The molecule has 0 spiro atoms. The van der Waals surface area contributed by atoms with Gasteiger partial charge < -0.3 is 0 Å². The molecule has 1 heteroatoms. The fraction of sp³-hybridized carbons (Fsp3) is 0.333. The van der Waals surface area contributed by atoms with Crippen LogP contribution in [0.25, 0.3) is 0 Å². The van der Waals surface area contributed by atoms with Gasteiger partial charge in [-0.15, -0.1) is 0 Å². The lowest BCUT2D eigenvalue weighted by Crippen LogP contribution is -1.89. The summed E-state index contributed by atoms with van der Waals surface area (Å²) in [5, 5.41) is 0. The van der Waals surface area contributed by atoms with Crippen molar-refractivity contribution in [1.82, 2.24) is 0 Å². The van der Waals surface area contributed by atoms with Crippen molar-refractivity contribution in [2.24, 2.45) is 0 Å². The van der Waals surface area contributed by atoms with Gasteiger partial charge in [0, 0.05) is 28.2 Å². The first kappa shape index (κ1) is 10.6. The number of hydrogen-bond donors (Lipinski definition) is 0.